The monoisotopic (exact) mass is 346 g/mol. The molecule has 8 nitrogen and oxygen atoms in total. The van der Waals surface area contributed by atoms with Crippen LogP contribution in [0.4, 0.5) is 16.3 Å². The molecule has 0 bridgehead atoms. The van der Waals surface area contributed by atoms with Crippen molar-refractivity contribution >= 4 is 17.5 Å². The average Bonchev–Trinajstić information content (AvgIpc) is 3.06. The highest BCUT2D eigenvalue weighted by Gasteiger charge is 2.23. The topological polar surface area (TPSA) is 80.1 Å². The summed E-state index contributed by atoms with van der Waals surface area (Å²) in [5, 5.41) is 6.53. The quantitative estimate of drug-likeness (QED) is 0.915. The number of piperazine rings is 1. The molecule has 1 aliphatic heterocycles. The summed E-state index contributed by atoms with van der Waals surface area (Å²) < 4.78 is 15.7. The lowest BCUT2D eigenvalue weighted by Crippen LogP contribution is -2.50. The minimum atomic E-state index is -0.172. The van der Waals surface area contributed by atoms with Gasteiger partial charge < -0.3 is 23.8 Å². The fourth-order valence-corrected chi connectivity index (χ4v) is 2.81. The van der Waals surface area contributed by atoms with Crippen molar-refractivity contribution in [1.82, 2.24) is 10.1 Å². The molecule has 0 atom stereocenters. The third-order valence-electron chi connectivity index (χ3n) is 4.16. The minimum absolute atomic E-state index is 0.172. The Morgan fingerprint density at radius 2 is 1.92 bits per heavy atom. The molecule has 2 heterocycles. The second kappa shape index (κ2) is 7.33. The summed E-state index contributed by atoms with van der Waals surface area (Å²) >= 11 is 0. The lowest BCUT2D eigenvalue weighted by molar-refractivity contribution is 0.208. The van der Waals surface area contributed by atoms with E-state index in [0.29, 0.717) is 37.8 Å². The molecule has 3 rings (SSSR count). The van der Waals surface area contributed by atoms with Crippen molar-refractivity contribution in [2.75, 3.05) is 50.6 Å². The Labute approximate surface area is 146 Å². The maximum Gasteiger partial charge on any atom is 0.323 e. The van der Waals surface area contributed by atoms with Crippen molar-refractivity contribution in [2.45, 2.75) is 6.92 Å². The first kappa shape index (κ1) is 16.9. The first-order chi connectivity index (χ1) is 12.1. The van der Waals surface area contributed by atoms with Crippen molar-refractivity contribution < 1.29 is 18.8 Å². The molecule has 0 aliphatic carbocycles. The average molecular weight is 346 g/mol. The summed E-state index contributed by atoms with van der Waals surface area (Å²) in [6.45, 7) is 4.43. The Hall–Kier alpha value is -2.90. The molecule has 8 heteroatoms. The fourth-order valence-electron chi connectivity index (χ4n) is 2.81. The Morgan fingerprint density at radius 1 is 1.16 bits per heavy atom. The van der Waals surface area contributed by atoms with Gasteiger partial charge in [0.15, 0.2) is 5.82 Å². The third kappa shape index (κ3) is 3.78. The predicted octanol–water partition coefficient (Wildman–Crippen LogP) is 2.35. The van der Waals surface area contributed by atoms with Gasteiger partial charge in [-0.2, -0.15) is 0 Å². The molecular formula is C17H22N4O4. The van der Waals surface area contributed by atoms with E-state index in [0.717, 1.165) is 17.2 Å². The molecule has 1 aromatic carbocycles. The Morgan fingerprint density at radius 3 is 2.52 bits per heavy atom. The molecule has 0 saturated carbocycles. The fraction of sp³-hybridized carbons (Fsp3) is 0.412. The minimum Gasteiger partial charge on any atom is -0.497 e. The summed E-state index contributed by atoms with van der Waals surface area (Å²) in [6, 6.07) is 7.27. The standard InChI is InChI=1S/C17H22N4O4/c1-12-10-16(19-25-12)18-17(22)21-8-6-20(7-9-21)14-5-4-13(23-2)11-15(14)24-3/h4-5,10-11H,6-9H2,1-3H3,(H,18,19,22). The number of carbonyl (C=O) groups is 1. The first-order valence-corrected chi connectivity index (χ1v) is 8.07. The zero-order valence-electron chi connectivity index (χ0n) is 14.6. The number of methoxy groups -OCH3 is 2. The van der Waals surface area contributed by atoms with E-state index in [9.17, 15) is 4.79 Å². The molecule has 2 aromatic rings. The van der Waals surface area contributed by atoms with Gasteiger partial charge in [-0.15, -0.1) is 0 Å². The Balaban J connectivity index is 1.61. The molecule has 1 saturated heterocycles. The number of benzene rings is 1. The van der Waals surface area contributed by atoms with Crippen LogP contribution in [0.1, 0.15) is 5.76 Å². The van der Waals surface area contributed by atoms with Crippen molar-refractivity contribution in [3.8, 4) is 11.5 Å². The largest absolute Gasteiger partial charge is 0.497 e. The SMILES string of the molecule is COc1ccc(N2CCN(C(=O)Nc3cc(C)on3)CC2)c(OC)c1. The number of nitrogens with one attached hydrogen (secondary N) is 1. The highest BCUT2D eigenvalue weighted by Crippen LogP contribution is 2.32. The van der Waals surface area contributed by atoms with Gasteiger partial charge >= 0.3 is 6.03 Å². The molecule has 1 N–H and O–H groups in total. The molecule has 2 amide bonds. The van der Waals surface area contributed by atoms with Crippen molar-refractivity contribution in [3.05, 3.63) is 30.0 Å². The van der Waals surface area contributed by atoms with E-state index in [-0.39, 0.29) is 6.03 Å². The van der Waals surface area contributed by atoms with E-state index in [1.54, 1.807) is 32.1 Å². The maximum absolute atomic E-state index is 12.3. The molecule has 1 aliphatic rings. The van der Waals surface area contributed by atoms with Crippen LogP contribution in [-0.4, -0.2) is 56.5 Å². The smallest absolute Gasteiger partial charge is 0.323 e. The summed E-state index contributed by atoms with van der Waals surface area (Å²) in [7, 11) is 3.27. The second-order valence-electron chi connectivity index (χ2n) is 5.76. The number of aryl methyl sites for hydroxylation is 1. The highest BCUT2D eigenvalue weighted by atomic mass is 16.5. The number of anilines is 2. The highest BCUT2D eigenvalue weighted by molar-refractivity contribution is 5.88. The van der Waals surface area contributed by atoms with Gasteiger partial charge in [-0.1, -0.05) is 5.16 Å². The molecular weight excluding hydrogens is 324 g/mol. The Kier molecular flexibility index (Phi) is 4.97. The molecule has 0 spiro atoms. The lowest BCUT2D eigenvalue weighted by atomic mass is 10.2. The van der Waals surface area contributed by atoms with Crippen LogP contribution in [-0.2, 0) is 0 Å². The number of rotatable bonds is 4. The van der Waals surface area contributed by atoms with Crippen LogP contribution in [0.25, 0.3) is 0 Å². The van der Waals surface area contributed by atoms with Gasteiger partial charge in [0.25, 0.3) is 0 Å². The normalized spacial score (nSPS) is 14.4. The van der Waals surface area contributed by atoms with E-state index >= 15 is 0 Å². The zero-order valence-corrected chi connectivity index (χ0v) is 14.6. The van der Waals surface area contributed by atoms with Gasteiger partial charge in [0.05, 0.1) is 19.9 Å². The van der Waals surface area contributed by atoms with Gasteiger partial charge in [0, 0.05) is 38.3 Å². The predicted molar refractivity (Wildman–Crippen MR) is 93.6 cm³/mol. The number of carbonyl (C=O) groups excluding carboxylic acids is 1. The number of ether oxygens (including phenoxy) is 2. The first-order valence-electron chi connectivity index (χ1n) is 8.07. The lowest BCUT2D eigenvalue weighted by Gasteiger charge is -2.36. The zero-order chi connectivity index (χ0) is 17.8. The van der Waals surface area contributed by atoms with Crippen LogP contribution in [0, 0.1) is 6.92 Å². The maximum atomic E-state index is 12.3. The van der Waals surface area contributed by atoms with Gasteiger partial charge in [-0.05, 0) is 19.1 Å². The van der Waals surface area contributed by atoms with Crippen molar-refractivity contribution in [3.63, 3.8) is 0 Å². The van der Waals surface area contributed by atoms with Crippen LogP contribution in [0.3, 0.4) is 0 Å². The van der Waals surface area contributed by atoms with E-state index < -0.39 is 0 Å². The van der Waals surface area contributed by atoms with E-state index in [4.69, 9.17) is 14.0 Å². The Bertz CT molecular complexity index is 738. The van der Waals surface area contributed by atoms with Gasteiger partial charge in [-0.25, -0.2) is 4.79 Å². The van der Waals surface area contributed by atoms with Gasteiger partial charge in [0.2, 0.25) is 0 Å². The number of nitrogens with zero attached hydrogens (tertiary/aromatic N) is 3. The molecule has 0 unspecified atom stereocenters. The number of amides is 2. The van der Waals surface area contributed by atoms with Crippen LogP contribution in [0.15, 0.2) is 28.8 Å². The van der Waals surface area contributed by atoms with E-state index in [2.05, 4.69) is 15.4 Å². The van der Waals surface area contributed by atoms with Crippen LogP contribution < -0.4 is 19.7 Å². The molecule has 1 aromatic heterocycles. The summed E-state index contributed by atoms with van der Waals surface area (Å²) in [6.07, 6.45) is 0. The summed E-state index contributed by atoms with van der Waals surface area (Å²) in [4.78, 5) is 16.3. The summed E-state index contributed by atoms with van der Waals surface area (Å²) in [5.41, 5.74) is 0.996. The number of hydrogen-bond donors (Lipinski definition) is 1. The number of hydrogen-bond acceptors (Lipinski definition) is 6. The molecule has 134 valence electrons. The van der Waals surface area contributed by atoms with Crippen LogP contribution >= 0.6 is 0 Å². The summed E-state index contributed by atoms with van der Waals surface area (Å²) in [5.74, 6) is 2.60. The number of aromatic nitrogens is 1. The van der Waals surface area contributed by atoms with E-state index in [1.165, 1.54) is 0 Å². The molecule has 0 radical (unpaired) electrons. The molecule has 1 fully saturated rings. The van der Waals surface area contributed by atoms with E-state index in [1.807, 2.05) is 18.2 Å². The van der Waals surface area contributed by atoms with Crippen molar-refractivity contribution in [2.24, 2.45) is 0 Å². The van der Waals surface area contributed by atoms with Crippen LogP contribution in [0.5, 0.6) is 11.5 Å². The second-order valence-corrected chi connectivity index (χ2v) is 5.76. The third-order valence-corrected chi connectivity index (χ3v) is 4.16. The van der Waals surface area contributed by atoms with Gasteiger partial charge in [-0.3, -0.25) is 5.32 Å². The van der Waals surface area contributed by atoms with Crippen molar-refractivity contribution in [1.29, 1.82) is 0 Å². The number of urea groups is 1. The van der Waals surface area contributed by atoms with Gasteiger partial charge in [0.1, 0.15) is 17.3 Å². The molecule has 25 heavy (non-hydrogen) atoms. The van der Waals surface area contributed by atoms with Crippen LogP contribution in [0.2, 0.25) is 0 Å².